The molecule has 4 rings (SSSR count). The highest BCUT2D eigenvalue weighted by Crippen LogP contribution is 2.23. The second kappa shape index (κ2) is 5.49. The Kier molecular flexibility index (Phi) is 3.30. The average molecular weight is 320 g/mol. The lowest BCUT2D eigenvalue weighted by Gasteiger charge is -2.07. The van der Waals surface area contributed by atoms with Crippen LogP contribution in [0.15, 0.2) is 42.7 Å². The minimum absolute atomic E-state index is 0.00675. The first-order valence-corrected chi connectivity index (χ1v) is 7.74. The first kappa shape index (κ1) is 14.4. The van der Waals surface area contributed by atoms with E-state index in [0.29, 0.717) is 18.7 Å². The molecule has 0 fully saturated rings. The van der Waals surface area contributed by atoms with Crippen LogP contribution in [0.25, 0.3) is 5.65 Å². The van der Waals surface area contributed by atoms with Gasteiger partial charge in [-0.25, -0.2) is 4.98 Å². The van der Waals surface area contributed by atoms with Gasteiger partial charge in [0.1, 0.15) is 11.3 Å². The molecule has 0 radical (unpaired) electrons. The summed E-state index contributed by atoms with van der Waals surface area (Å²) in [6.45, 7) is 2.38. The number of imidazole rings is 1. The van der Waals surface area contributed by atoms with Gasteiger partial charge >= 0.3 is 0 Å². The van der Waals surface area contributed by atoms with Crippen molar-refractivity contribution in [2.24, 2.45) is 0 Å². The summed E-state index contributed by atoms with van der Waals surface area (Å²) in [6.07, 6.45) is 3.86. The minimum Gasteiger partial charge on any atom is -0.347 e. The fraction of sp³-hybridized carbons (Fsp3) is 0.167. The number of carbonyl (C=O) groups excluding carboxylic acids is 2. The van der Waals surface area contributed by atoms with Crippen molar-refractivity contribution in [3.05, 3.63) is 65.1 Å². The van der Waals surface area contributed by atoms with Crippen LogP contribution in [0, 0.1) is 6.92 Å². The summed E-state index contributed by atoms with van der Waals surface area (Å²) in [7, 11) is 0. The number of hydrogen-bond acceptors (Lipinski definition) is 3. The summed E-state index contributed by atoms with van der Waals surface area (Å²) in [5.74, 6) is -0.171. The van der Waals surface area contributed by atoms with E-state index < -0.39 is 0 Å². The summed E-state index contributed by atoms with van der Waals surface area (Å²) < 4.78 is 1.79. The van der Waals surface area contributed by atoms with E-state index in [9.17, 15) is 9.59 Å². The van der Waals surface area contributed by atoms with Crippen molar-refractivity contribution in [2.45, 2.75) is 19.9 Å². The largest absolute Gasteiger partial charge is 0.347 e. The highest BCUT2D eigenvalue weighted by atomic mass is 16.2. The lowest BCUT2D eigenvalue weighted by molar-refractivity contribution is -0.115. The molecule has 0 unspecified atom stereocenters. The van der Waals surface area contributed by atoms with E-state index in [1.54, 1.807) is 10.6 Å². The van der Waals surface area contributed by atoms with Crippen molar-refractivity contribution in [1.82, 2.24) is 14.7 Å². The van der Waals surface area contributed by atoms with Crippen molar-refractivity contribution in [1.29, 1.82) is 0 Å². The maximum atomic E-state index is 12.5. The molecule has 6 nitrogen and oxygen atoms in total. The highest BCUT2D eigenvalue weighted by Gasteiger charge is 2.18. The molecule has 2 N–H and O–H groups in total. The number of hydrogen-bond donors (Lipinski definition) is 2. The number of anilines is 1. The molecule has 24 heavy (non-hydrogen) atoms. The maximum absolute atomic E-state index is 12.5. The predicted octanol–water partition coefficient (Wildman–Crippen LogP) is 2.07. The van der Waals surface area contributed by atoms with Gasteiger partial charge < -0.3 is 10.6 Å². The van der Waals surface area contributed by atoms with E-state index in [-0.39, 0.29) is 11.8 Å². The summed E-state index contributed by atoms with van der Waals surface area (Å²) in [4.78, 5) is 28.1. The van der Waals surface area contributed by atoms with Crippen molar-refractivity contribution in [2.75, 3.05) is 5.32 Å². The van der Waals surface area contributed by atoms with Crippen LogP contribution in [-0.2, 0) is 17.8 Å². The Labute approximate surface area is 138 Å². The molecule has 0 atom stereocenters. The molecular weight excluding hydrogens is 304 g/mol. The normalized spacial score (nSPS) is 13.0. The number of nitrogens with zero attached hydrogens (tertiary/aromatic N) is 2. The quantitative estimate of drug-likeness (QED) is 0.776. The van der Waals surface area contributed by atoms with Crippen LogP contribution in [0.1, 0.15) is 27.2 Å². The topological polar surface area (TPSA) is 75.5 Å². The van der Waals surface area contributed by atoms with Gasteiger partial charge in [-0.1, -0.05) is 18.2 Å². The van der Waals surface area contributed by atoms with Crippen LogP contribution < -0.4 is 10.6 Å². The third-order valence-electron chi connectivity index (χ3n) is 4.13. The Morgan fingerprint density at radius 2 is 2.21 bits per heavy atom. The average Bonchev–Trinajstić information content (AvgIpc) is 3.14. The van der Waals surface area contributed by atoms with Crippen LogP contribution in [0.4, 0.5) is 5.69 Å². The molecule has 1 aliphatic heterocycles. The lowest BCUT2D eigenvalue weighted by Crippen LogP contribution is -2.24. The number of rotatable bonds is 3. The smallest absolute Gasteiger partial charge is 0.270 e. The Balaban J connectivity index is 1.51. The maximum Gasteiger partial charge on any atom is 0.270 e. The number of amides is 2. The molecule has 6 heteroatoms. The molecule has 0 aliphatic carbocycles. The summed E-state index contributed by atoms with van der Waals surface area (Å²) in [5, 5.41) is 5.71. The number of fused-ring (bicyclic) bond motifs is 2. The molecule has 0 bridgehead atoms. The molecule has 1 aromatic carbocycles. The van der Waals surface area contributed by atoms with Crippen molar-refractivity contribution >= 4 is 23.1 Å². The molecule has 3 aromatic rings. The van der Waals surface area contributed by atoms with Crippen LogP contribution in [-0.4, -0.2) is 21.2 Å². The zero-order valence-electron chi connectivity index (χ0n) is 13.2. The number of benzene rings is 1. The van der Waals surface area contributed by atoms with E-state index in [1.165, 1.54) is 0 Å². The predicted molar refractivity (Wildman–Crippen MR) is 89.9 cm³/mol. The fourth-order valence-corrected chi connectivity index (χ4v) is 2.92. The van der Waals surface area contributed by atoms with Gasteiger partial charge in [0.2, 0.25) is 5.91 Å². The zero-order valence-corrected chi connectivity index (χ0v) is 13.2. The second-order valence-electron chi connectivity index (χ2n) is 5.98. The second-order valence-corrected chi connectivity index (χ2v) is 5.98. The van der Waals surface area contributed by atoms with Crippen LogP contribution in [0.3, 0.4) is 0 Å². The Hall–Kier alpha value is -3.15. The third kappa shape index (κ3) is 2.52. The highest BCUT2D eigenvalue weighted by molar-refractivity contribution is 5.99. The molecule has 2 aromatic heterocycles. The van der Waals surface area contributed by atoms with Crippen LogP contribution in [0.5, 0.6) is 0 Å². The molecule has 2 amide bonds. The molecule has 0 saturated heterocycles. The first-order valence-electron chi connectivity index (χ1n) is 7.74. The van der Waals surface area contributed by atoms with Gasteiger partial charge in [-0.15, -0.1) is 0 Å². The zero-order chi connectivity index (χ0) is 16.7. The number of aryl methyl sites for hydroxylation is 1. The number of nitrogens with one attached hydrogen (secondary N) is 2. The molecule has 1 aliphatic rings. The lowest BCUT2D eigenvalue weighted by atomic mass is 10.1. The van der Waals surface area contributed by atoms with E-state index in [0.717, 1.165) is 28.0 Å². The molecular formula is C18H16N4O2. The number of pyridine rings is 1. The fourth-order valence-electron chi connectivity index (χ4n) is 2.92. The van der Waals surface area contributed by atoms with Crippen molar-refractivity contribution in [3.63, 3.8) is 0 Å². The van der Waals surface area contributed by atoms with Crippen molar-refractivity contribution in [3.8, 4) is 0 Å². The SMILES string of the molecule is Cc1ccc2ncc(C(=O)NCc3ccc4c(c3)CC(=O)N4)n2c1. The first-order chi connectivity index (χ1) is 11.6. The van der Waals surface area contributed by atoms with Gasteiger partial charge in [0.05, 0.1) is 12.6 Å². The minimum atomic E-state index is -0.178. The van der Waals surface area contributed by atoms with Gasteiger partial charge in [0.15, 0.2) is 0 Å². The van der Waals surface area contributed by atoms with Gasteiger partial charge in [-0.2, -0.15) is 0 Å². The molecule has 0 spiro atoms. The third-order valence-corrected chi connectivity index (χ3v) is 4.13. The van der Waals surface area contributed by atoms with Crippen molar-refractivity contribution < 1.29 is 9.59 Å². The van der Waals surface area contributed by atoms with Gasteiger partial charge in [-0.3, -0.25) is 14.0 Å². The standard InChI is InChI=1S/C18H16N4O2/c1-11-2-5-16-19-9-15(22(16)10-11)18(24)20-8-12-3-4-14-13(6-12)7-17(23)21-14/h2-6,9-10H,7-8H2,1H3,(H,20,24)(H,21,23). The van der Waals surface area contributed by atoms with Gasteiger partial charge in [0, 0.05) is 18.4 Å². The van der Waals surface area contributed by atoms with E-state index in [2.05, 4.69) is 15.6 Å². The Morgan fingerprint density at radius 1 is 1.33 bits per heavy atom. The van der Waals surface area contributed by atoms with Crippen LogP contribution in [0.2, 0.25) is 0 Å². The van der Waals surface area contributed by atoms with Gasteiger partial charge in [0.25, 0.3) is 5.91 Å². The molecule has 120 valence electrons. The number of carbonyl (C=O) groups is 2. The Morgan fingerprint density at radius 3 is 3.08 bits per heavy atom. The summed E-state index contributed by atoms with van der Waals surface area (Å²) >= 11 is 0. The van der Waals surface area contributed by atoms with E-state index >= 15 is 0 Å². The summed E-state index contributed by atoms with van der Waals surface area (Å²) in [6, 6.07) is 9.58. The van der Waals surface area contributed by atoms with E-state index in [1.807, 2.05) is 43.5 Å². The molecule has 0 saturated carbocycles. The monoisotopic (exact) mass is 320 g/mol. The summed E-state index contributed by atoms with van der Waals surface area (Å²) in [5.41, 5.74) is 5.10. The number of aromatic nitrogens is 2. The van der Waals surface area contributed by atoms with E-state index in [4.69, 9.17) is 0 Å². The van der Waals surface area contributed by atoms with Gasteiger partial charge in [-0.05, 0) is 35.7 Å². The Bertz CT molecular complexity index is 974. The van der Waals surface area contributed by atoms with Crippen LogP contribution >= 0.6 is 0 Å². The molecule has 3 heterocycles.